The number of esters is 1. The summed E-state index contributed by atoms with van der Waals surface area (Å²) in [6.07, 6.45) is 1.35. The molecule has 0 aliphatic carbocycles. The standard InChI is InChI=1S/C23H18ClN3O5/c1-31-19-12-8-18(9-13-19)26-21(28)22(29)27-25-14-15-2-10-20(11-3-15)32-23(30)16-4-6-17(24)7-5-16/h2-14H,1H3,(H,26,28)(H,27,29). The lowest BCUT2D eigenvalue weighted by Gasteiger charge is -2.05. The Morgan fingerprint density at radius 1 is 0.844 bits per heavy atom. The van der Waals surface area contributed by atoms with Gasteiger partial charge in [-0.05, 0) is 78.4 Å². The van der Waals surface area contributed by atoms with Gasteiger partial charge in [-0.3, -0.25) is 9.59 Å². The molecule has 0 aliphatic heterocycles. The Morgan fingerprint density at radius 3 is 2.09 bits per heavy atom. The van der Waals surface area contributed by atoms with E-state index in [1.807, 2.05) is 0 Å². The molecule has 0 atom stereocenters. The maximum Gasteiger partial charge on any atom is 0.343 e. The fraction of sp³-hybridized carbons (Fsp3) is 0.0435. The predicted molar refractivity (Wildman–Crippen MR) is 120 cm³/mol. The van der Waals surface area contributed by atoms with Crippen LogP contribution in [0.2, 0.25) is 5.02 Å². The number of hydrogen-bond donors (Lipinski definition) is 2. The highest BCUT2D eigenvalue weighted by Crippen LogP contribution is 2.16. The third kappa shape index (κ3) is 6.41. The molecule has 0 bridgehead atoms. The van der Waals surface area contributed by atoms with E-state index in [-0.39, 0.29) is 0 Å². The Balaban J connectivity index is 1.49. The quantitative estimate of drug-likeness (QED) is 0.195. The van der Waals surface area contributed by atoms with Gasteiger partial charge in [0.25, 0.3) is 0 Å². The first kappa shape index (κ1) is 22.5. The van der Waals surface area contributed by atoms with Gasteiger partial charge >= 0.3 is 17.8 Å². The summed E-state index contributed by atoms with van der Waals surface area (Å²) < 4.78 is 10.3. The van der Waals surface area contributed by atoms with Crippen molar-refractivity contribution in [3.63, 3.8) is 0 Å². The zero-order chi connectivity index (χ0) is 22.9. The Labute approximate surface area is 188 Å². The molecule has 0 spiro atoms. The molecule has 3 aromatic rings. The molecule has 0 fully saturated rings. The molecular weight excluding hydrogens is 434 g/mol. The number of amides is 2. The molecule has 0 aliphatic rings. The fourth-order valence-electron chi connectivity index (χ4n) is 2.45. The van der Waals surface area contributed by atoms with Gasteiger partial charge in [0.1, 0.15) is 11.5 Å². The first-order chi connectivity index (χ1) is 15.4. The molecule has 0 saturated heterocycles. The number of benzene rings is 3. The van der Waals surface area contributed by atoms with Gasteiger partial charge in [-0.2, -0.15) is 5.10 Å². The van der Waals surface area contributed by atoms with Crippen LogP contribution in [0, 0.1) is 0 Å². The van der Waals surface area contributed by atoms with Gasteiger partial charge in [0.05, 0.1) is 18.9 Å². The number of hydrogen-bond acceptors (Lipinski definition) is 6. The number of halogens is 1. The number of carbonyl (C=O) groups excluding carboxylic acids is 3. The van der Waals surface area contributed by atoms with E-state index in [4.69, 9.17) is 21.1 Å². The van der Waals surface area contributed by atoms with Crippen LogP contribution in [-0.2, 0) is 9.59 Å². The monoisotopic (exact) mass is 451 g/mol. The Bertz CT molecular complexity index is 1130. The van der Waals surface area contributed by atoms with E-state index in [1.165, 1.54) is 13.3 Å². The summed E-state index contributed by atoms with van der Waals surface area (Å²) >= 11 is 5.80. The van der Waals surface area contributed by atoms with E-state index in [1.54, 1.807) is 72.8 Å². The third-order valence-corrected chi connectivity index (χ3v) is 4.36. The molecule has 3 rings (SSSR count). The smallest absolute Gasteiger partial charge is 0.343 e. The van der Waals surface area contributed by atoms with E-state index < -0.39 is 17.8 Å². The van der Waals surface area contributed by atoms with Crippen molar-refractivity contribution in [2.45, 2.75) is 0 Å². The van der Waals surface area contributed by atoms with Crippen molar-refractivity contribution in [1.82, 2.24) is 5.43 Å². The van der Waals surface area contributed by atoms with Crippen molar-refractivity contribution in [2.24, 2.45) is 5.10 Å². The van der Waals surface area contributed by atoms with Crippen LogP contribution in [0.4, 0.5) is 5.69 Å². The highest BCUT2D eigenvalue weighted by Gasteiger charge is 2.13. The van der Waals surface area contributed by atoms with Crippen molar-refractivity contribution in [3.05, 3.63) is 88.9 Å². The molecule has 2 amide bonds. The second-order valence-electron chi connectivity index (χ2n) is 6.35. The predicted octanol–water partition coefficient (Wildman–Crippen LogP) is 3.66. The van der Waals surface area contributed by atoms with Crippen molar-refractivity contribution in [2.75, 3.05) is 12.4 Å². The molecule has 0 saturated carbocycles. The van der Waals surface area contributed by atoms with Crippen LogP contribution in [0.25, 0.3) is 0 Å². The Hall–Kier alpha value is -4.17. The van der Waals surface area contributed by atoms with Crippen molar-refractivity contribution in [1.29, 1.82) is 0 Å². The highest BCUT2D eigenvalue weighted by molar-refractivity contribution is 6.39. The van der Waals surface area contributed by atoms with Gasteiger partial charge in [-0.1, -0.05) is 11.6 Å². The van der Waals surface area contributed by atoms with Crippen LogP contribution in [0.5, 0.6) is 11.5 Å². The Kier molecular flexibility index (Phi) is 7.55. The molecule has 162 valence electrons. The normalized spacial score (nSPS) is 10.4. The lowest BCUT2D eigenvalue weighted by atomic mass is 10.2. The maximum atomic E-state index is 12.1. The van der Waals surface area contributed by atoms with Crippen LogP contribution in [0.3, 0.4) is 0 Å². The fourth-order valence-corrected chi connectivity index (χ4v) is 2.58. The summed E-state index contributed by atoms with van der Waals surface area (Å²) in [4.78, 5) is 35.9. The molecular formula is C23H18ClN3O5. The summed E-state index contributed by atoms with van der Waals surface area (Å²) in [5.74, 6) is -1.34. The lowest BCUT2D eigenvalue weighted by Crippen LogP contribution is -2.32. The van der Waals surface area contributed by atoms with Gasteiger partial charge in [0.2, 0.25) is 0 Å². The van der Waals surface area contributed by atoms with E-state index >= 15 is 0 Å². The number of anilines is 1. The van der Waals surface area contributed by atoms with E-state index in [0.717, 1.165) is 0 Å². The number of hydrazone groups is 1. The van der Waals surface area contributed by atoms with Gasteiger partial charge < -0.3 is 14.8 Å². The number of methoxy groups -OCH3 is 1. The summed E-state index contributed by atoms with van der Waals surface area (Å²) in [5.41, 5.74) is 3.58. The molecule has 0 unspecified atom stereocenters. The van der Waals surface area contributed by atoms with Gasteiger partial charge in [0.15, 0.2) is 0 Å². The molecule has 0 radical (unpaired) electrons. The Morgan fingerprint density at radius 2 is 1.47 bits per heavy atom. The number of nitrogens with one attached hydrogen (secondary N) is 2. The first-order valence-electron chi connectivity index (χ1n) is 9.31. The SMILES string of the molecule is COc1ccc(NC(=O)C(=O)NN=Cc2ccc(OC(=O)c3ccc(Cl)cc3)cc2)cc1. The third-order valence-electron chi connectivity index (χ3n) is 4.10. The second-order valence-corrected chi connectivity index (χ2v) is 6.78. The minimum atomic E-state index is -0.925. The van der Waals surface area contributed by atoms with Gasteiger partial charge in [-0.25, -0.2) is 10.2 Å². The van der Waals surface area contributed by atoms with Crippen molar-refractivity contribution in [3.8, 4) is 11.5 Å². The molecule has 0 aromatic heterocycles. The summed E-state index contributed by atoms with van der Waals surface area (Å²) in [7, 11) is 1.53. The molecule has 9 heteroatoms. The topological polar surface area (TPSA) is 106 Å². The molecule has 3 aromatic carbocycles. The minimum absolute atomic E-state index is 0.338. The number of rotatable bonds is 6. The summed E-state index contributed by atoms with van der Waals surface area (Å²) in [5, 5.41) is 6.72. The summed E-state index contributed by atoms with van der Waals surface area (Å²) in [6, 6.07) is 19.3. The van der Waals surface area contributed by atoms with E-state index in [0.29, 0.717) is 33.3 Å². The largest absolute Gasteiger partial charge is 0.497 e. The van der Waals surface area contributed by atoms with E-state index in [2.05, 4.69) is 15.8 Å². The zero-order valence-corrected chi connectivity index (χ0v) is 17.6. The molecule has 2 N–H and O–H groups in total. The lowest BCUT2D eigenvalue weighted by molar-refractivity contribution is -0.136. The second kappa shape index (κ2) is 10.7. The number of carbonyl (C=O) groups is 3. The van der Waals surface area contributed by atoms with Crippen molar-refractivity contribution >= 4 is 41.3 Å². The van der Waals surface area contributed by atoms with Gasteiger partial charge in [0, 0.05) is 10.7 Å². The zero-order valence-electron chi connectivity index (χ0n) is 16.9. The van der Waals surface area contributed by atoms with Crippen LogP contribution in [0.1, 0.15) is 15.9 Å². The van der Waals surface area contributed by atoms with Crippen LogP contribution in [-0.4, -0.2) is 31.1 Å². The highest BCUT2D eigenvalue weighted by atomic mass is 35.5. The average molecular weight is 452 g/mol. The van der Waals surface area contributed by atoms with Crippen LogP contribution >= 0.6 is 11.6 Å². The maximum absolute atomic E-state index is 12.1. The molecule has 0 heterocycles. The number of nitrogens with zero attached hydrogens (tertiary/aromatic N) is 1. The average Bonchev–Trinajstić information content (AvgIpc) is 2.81. The van der Waals surface area contributed by atoms with Gasteiger partial charge in [-0.15, -0.1) is 0 Å². The minimum Gasteiger partial charge on any atom is -0.497 e. The summed E-state index contributed by atoms with van der Waals surface area (Å²) in [6.45, 7) is 0. The van der Waals surface area contributed by atoms with Crippen LogP contribution < -0.4 is 20.2 Å². The van der Waals surface area contributed by atoms with Crippen LogP contribution in [0.15, 0.2) is 77.9 Å². The van der Waals surface area contributed by atoms with E-state index in [9.17, 15) is 14.4 Å². The molecule has 8 nitrogen and oxygen atoms in total. The number of ether oxygens (including phenoxy) is 2. The van der Waals surface area contributed by atoms with Crippen molar-refractivity contribution < 1.29 is 23.9 Å². The molecule has 32 heavy (non-hydrogen) atoms. The first-order valence-corrected chi connectivity index (χ1v) is 9.68.